The van der Waals surface area contributed by atoms with E-state index in [4.69, 9.17) is 0 Å². The molecule has 0 saturated heterocycles. The minimum Gasteiger partial charge on any atom is -0.264 e. The Balaban J connectivity index is 2.62. The second-order valence-corrected chi connectivity index (χ2v) is 5.95. The zero-order valence-corrected chi connectivity index (χ0v) is 11.7. The maximum Gasteiger partial charge on any atom is 0.0504 e. The van der Waals surface area contributed by atoms with Crippen molar-refractivity contribution >= 4 is 10.8 Å². The largest absolute Gasteiger partial charge is 0.264 e. The summed E-state index contributed by atoms with van der Waals surface area (Å²) in [6.07, 6.45) is 5.28. The van der Waals surface area contributed by atoms with Crippen molar-refractivity contribution in [2.24, 2.45) is 0 Å². The molecule has 0 fully saturated rings. The maximum absolute atomic E-state index is 11.8. The number of hydrogen-bond acceptors (Lipinski definition) is 2. The van der Waals surface area contributed by atoms with Crippen LogP contribution in [0, 0.1) is 0 Å². The fourth-order valence-corrected chi connectivity index (χ4v) is 2.65. The van der Waals surface area contributed by atoms with E-state index >= 15 is 0 Å². The van der Waals surface area contributed by atoms with Gasteiger partial charge in [-0.15, -0.1) is 0 Å². The van der Waals surface area contributed by atoms with Crippen LogP contribution in [0.15, 0.2) is 47.6 Å². The molecule has 94 valence electrons. The molecule has 0 aliphatic heterocycles. The molecule has 1 atom stereocenters. The average Bonchev–Trinajstić information content (AvgIpc) is 2.39. The van der Waals surface area contributed by atoms with E-state index in [2.05, 4.69) is 31.0 Å². The average molecular weight is 259 g/mol. The first-order chi connectivity index (χ1) is 8.59. The minimum atomic E-state index is -0.990. The van der Waals surface area contributed by atoms with Gasteiger partial charge in [-0.2, -0.15) is 0 Å². The van der Waals surface area contributed by atoms with Crippen molar-refractivity contribution in [3.63, 3.8) is 0 Å². The Morgan fingerprint density at radius 3 is 2.56 bits per heavy atom. The van der Waals surface area contributed by atoms with Crippen LogP contribution in [-0.4, -0.2) is 15.4 Å². The maximum atomic E-state index is 11.8. The molecule has 1 heterocycles. The first-order valence-corrected chi connectivity index (χ1v) is 7.53. The molecule has 2 aromatic rings. The molecule has 0 N–H and O–H groups in total. The lowest BCUT2D eigenvalue weighted by molar-refractivity contribution is 0.687. The lowest BCUT2D eigenvalue weighted by Gasteiger charge is -2.12. The van der Waals surface area contributed by atoms with Crippen LogP contribution in [0.1, 0.15) is 25.3 Å². The summed E-state index contributed by atoms with van der Waals surface area (Å²) in [4.78, 5) is 5.01. The molecule has 0 radical (unpaired) electrons. The van der Waals surface area contributed by atoms with Crippen LogP contribution in [0.3, 0.4) is 0 Å². The molecule has 0 amide bonds. The lowest BCUT2D eigenvalue weighted by Crippen LogP contribution is -1.96. The topological polar surface area (TPSA) is 30.0 Å². The molecular weight excluding hydrogens is 242 g/mol. The van der Waals surface area contributed by atoms with Gasteiger partial charge in [0.05, 0.1) is 10.8 Å². The van der Waals surface area contributed by atoms with E-state index in [-0.39, 0.29) is 0 Å². The van der Waals surface area contributed by atoms with Crippen molar-refractivity contribution in [1.29, 1.82) is 0 Å². The lowest BCUT2D eigenvalue weighted by atomic mass is 9.98. The Bertz CT molecular complexity index is 564. The Hall–Kier alpha value is -1.48. The molecule has 18 heavy (non-hydrogen) atoms. The second kappa shape index (κ2) is 5.44. The van der Waals surface area contributed by atoms with Gasteiger partial charge >= 0.3 is 0 Å². The fraction of sp³-hybridized carbons (Fsp3) is 0.267. The van der Waals surface area contributed by atoms with E-state index in [1.807, 2.05) is 24.4 Å². The first-order valence-electron chi connectivity index (χ1n) is 5.97. The normalized spacial score (nSPS) is 12.7. The highest BCUT2D eigenvalue weighted by Gasteiger charge is 2.10. The van der Waals surface area contributed by atoms with E-state index in [0.717, 1.165) is 16.0 Å². The highest BCUT2D eigenvalue weighted by Crippen LogP contribution is 2.29. The molecule has 1 aromatic carbocycles. The Labute approximate surface area is 111 Å². The van der Waals surface area contributed by atoms with Gasteiger partial charge in [0, 0.05) is 29.1 Å². The van der Waals surface area contributed by atoms with E-state index in [9.17, 15) is 4.21 Å². The summed E-state index contributed by atoms with van der Waals surface area (Å²) in [5, 5.41) is 0. The van der Waals surface area contributed by atoms with Crippen LogP contribution in [-0.2, 0) is 10.8 Å². The number of hydrogen-bond donors (Lipinski definition) is 0. The van der Waals surface area contributed by atoms with Crippen LogP contribution < -0.4 is 0 Å². The van der Waals surface area contributed by atoms with Gasteiger partial charge in [-0.3, -0.25) is 9.19 Å². The van der Waals surface area contributed by atoms with E-state index in [0.29, 0.717) is 5.92 Å². The van der Waals surface area contributed by atoms with Gasteiger partial charge in [0.25, 0.3) is 0 Å². The molecule has 0 bridgehead atoms. The van der Waals surface area contributed by atoms with Crippen molar-refractivity contribution in [3.05, 3.63) is 48.3 Å². The van der Waals surface area contributed by atoms with Crippen molar-refractivity contribution in [3.8, 4) is 11.1 Å². The highest BCUT2D eigenvalue weighted by molar-refractivity contribution is 7.84. The predicted molar refractivity (Wildman–Crippen MR) is 76.1 cm³/mol. The third-order valence-corrected chi connectivity index (χ3v) is 3.93. The molecule has 0 saturated carbocycles. The van der Waals surface area contributed by atoms with Gasteiger partial charge in [-0.25, -0.2) is 0 Å². The van der Waals surface area contributed by atoms with E-state index in [1.165, 1.54) is 5.56 Å². The number of pyridine rings is 1. The summed E-state index contributed by atoms with van der Waals surface area (Å²) in [5.41, 5.74) is 3.29. The van der Waals surface area contributed by atoms with Crippen molar-refractivity contribution in [1.82, 2.24) is 4.98 Å². The fourth-order valence-electron chi connectivity index (χ4n) is 1.91. The Kier molecular flexibility index (Phi) is 3.92. The zero-order valence-electron chi connectivity index (χ0n) is 10.9. The summed E-state index contributed by atoms with van der Waals surface area (Å²) in [6, 6.07) is 10.1. The van der Waals surface area contributed by atoms with Crippen LogP contribution in [0.5, 0.6) is 0 Å². The van der Waals surface area contributed by atoms with Crippen LogP contribution in [0.4, 0.5) is 0 Å². The predicted octanol–water partition coefficient (Wildman–Crippen LogP) is 3.61. The van der Waals surface area contributed by atoms with Crippen LogP contribution in [0.2, 0.25) is 0 Å². The molecule has 2 nitrogen and oxygen atoms in total. The van der Waals surface area contributed by atoms with Crippen molar-refractivity contribution in [2.75, 3.05) is 6.26 Å². The standard InChI is InChI=1S/C15H17NOS/c1-11(2)12-6-7-15(18(3)17)14(9-12)13-5-4-8-16-10-13/h4-11H,1-3H3. The third kappa shape index (κ3) is 2.67. The molecule has 0 aliphatic carbocycles. The zero-order chi connectivity index (χ0) is 13.1. The molecule has 1 unspecified atom stereocenters. The van der Waals surface area contributed by atoms with E-state index in [1.54, 1.807) is 12.5 Å². The number of rotatable bonds is 3. The Morgan fingerprint density at radius 1 is 1.22 bits per heavy atom. The Morgan fingerprint density at radius 2 is 2.00 bits per heavy atom. The SMILES string of the molecule is CC(C)c1ccc(S(C)=O)c(-c2cccnc2)c1. The van der Waals surface area contributed by atoms with Crippen molar-refractivity contribution in [2.45, 2.75) is 24.7 Å². The summed E-state index contributed by atoms with van der Waals surface area (Å²) in [5.74, 6) is 0.458. The summed E-state index contributed by atoms with van der Waals surface area (Å²) in [7, 11) is -0.990. The molecule has 1 aromatic heterocycles. The monoisotopic (exact) mass is 259 g/mol. The number of nitrogens with zero attached hydrogens (tertiary/aromatic N) is 1. The molecule has 2 rings (SSSR count). The number of aromatic nitrogens is 1. The van der Waals surface area contributed by atoms with Gasteiger partial charge in [0.1, 0.15) is 0 Å². The number of benzene rings is 1. The van der Waals surface area contributed by atoms with E-state index < -0.39 is 10.8 Å². The van der Waals surface area contributed by atoms with Crippen molar-refractivity contribution < 1.29 is 4.21 Å². The van der Waals surface area contributed by atoms with Crippen LogP contribution in [0.25, 0.3) is 11.1 Å². The highest BCUT2D eigenvalue weighted by atomic mass is 32.2. The molecule has 0 spiro atoms. The second-order valence-electron chi connectivity index (χ2n) is 4.61. The molecule has 3 heteroatoms. The third-order valence-electron chi connectivity index (χ3n) is 2.95. The van der Waals surface area contributed by atoms with Gasteiger partial charge in [-0.05, 0) is 35.2 Å². The van der Waals surface area contributed by atoms with Gasteiger partial charge in [0.15, 0.2) is 0 Å². The van der Waals surface area contributed by atoms with Gasteiger partial charge < -0.3 is 0 Å². The smallest absolute Gasteiger partial charge is 0.0504 e. The molecular formula is C15H17NOS. The summed E-state index contributed by atoms with van der Waals surface area (Å²) < 4.78 is 11.8. The van der Waals surface area contributed by atoms with Crippen LogP contribution >= 0.6 is 0 Å². The quantitative estimate of drug-likeness (QED) is 0.843. The molecule has 0 aliphatic rings. The van der Waals surface area contributed by atoms with Gasteiger partial charge in [0.2, 0.25) is 0 Å². The van der Waals surface area contributed by atoms with Gasteiger partial charge in [-0.1, -0.05) is 26.0 Å². The first kappa shape index (κ1) is 13.0. The summed E-state index contributed by atoms with van der Waals surface area (Å²) >= 11 is 0. The summed E-state index contributed by atoms with van der Waals surface area (Å²) in [6.45, 7) is 4.32. The minimum absolute atomic E-state index is 0.458.